The lowest BCUT2D eigenvalue weighted by Gasteiger charge is -2.30. The molecule has 2 N–H and O–H groups in total. The van der Waals surface area contributed by atoms with E-state index in [2.05, 4.69) is 10.6 Å². The highest BCUT2D eigenvalue weighted by atomic mass is 35.5. The molecule has 0 aromatic heterocycles. The van der Waals surface area contributed by atoms with Gasteiger partial charge in [0.2, 0.25) is 11.8 Å². The quantitative estimate of drug-likeness (QED) is 0.802. The minimum Gasteiger partial charge on any atom is -0.375 e. The van der Waals surface area contributed by atoms with E-state index < -0.39 is 0 Å². The second kappa shape index (κ2) is 9.90. The van der Waals surface area contributed by atoms with E-state index in [4.69, 9.17) is 4.74 Å². The van der Waals surface area contributed by atoms with Crippen LogP contribution < -0.4 is 10.6 Å². The summed E-state index contributed by atoms with van der Waals surface area (Å²) < 4.78 is 5.52. The maximum Gasteiger partial charge on any atom is 0.240 e. The monoisotopic (exact) mass is 381 g/mol. The van der Waals surface area contributed by atoms with E-state index in [1.54, 1.807) is 0 Å². The average molecular weight is 382 g/mol. The molecule has 1 aromatic rings. The van der Waals surface area contributed by atoms with Crippen molar-refractivity contribution in [1.82, 2.24) is 15.5 Å². The Balaban J connectivity index is 0.00000243. The number of nitrogens with zero attached hydrogens (tertiary/aromatic N) is 1. The maximum absolute atomic E-state index is 12.4. The molecule has 0 aliphatic carbocycles. The van der Waals surface area contributed by atoms with E-state index in [0.717, 1.165) is 12.8 Å². The molecule has 144 valence electrons. The molecule has 7 heteroatoms. The smallest absolute Gasteiger partial charge is 0.240 e. The fourth-order valence-corrected chi connectivity index (χ4v) is 3.48. The lowest BCUT2D eigenvalue weighted by atomic mass is 10.1. The van der Waals surface area contributed by atoms with Crippen LogP contribution in [0.3, 0.4) is 0 Å². The highest BCUT2D eigenvalue weighted by Crippen LogP contribution is 2.13. The van der Waals surface area contributed by atoms with Gasteiger partial charge in [-0.1, -0.05) is 30.3 Å². The largest absolute Gasteiger partial charge is 0.375 e. The summed E-state index contributed by atoms with van der Waals surface area (Å²) in [6, 6.07) is 9.77. The van der Waals surface area contributed by atoms with E-state index in [1.165, 1.54) is 5.56 Å². The number of hydrogen-bond donors (Lipinski definition) is 2. The molecule has 2 aliphatic heterocycles. The van der Waals surface area contributed by atoms with Gasteiger partial charge in [-0.15, -0.1) is 12.4 Å². The number of rotatable bonds is 5. The van der Waals surface area contributed by atoms with Gasteiger partial charge in [-0.05, 0) is 25.3 Å². The van der Waals surface area contributed by atoms with Gasteiger partial charge < -0.3 is 20.3 Å². The standard InChI is InChI=1S/C19H27N3O3.ClH/c1-14-18(20-10-12-25-14)19(24)21-16-9-11-22(13-16)17(23)8-7-15-5-3-2-4-6-15;/h2-6,14,16,18,20H,7-13H2,1H3,(H,21,24);1H/t14-,16?,18+;/m1./s1. The number of ether oxygens (including phenoxy) is 1. The van der Waals surface area contributed by atoms with Crippen molar-refractivity contribution in [3.05, 3.63) is 35.9 Å². The molecular weight excluding hydrogens is 354 g/mol. The van der Waals surface area contributed by atoms with Crippen LogP contribution in [0.5, 0.6) is 0 Å². The fourth-order valence-electron chi connectivity index (χ4n) is 3.48. The van der Waals surface area contributed by atoms with Gasteiger partial charge in [0, 0.05) is 32.1 Å². The summed E-state index contributed by atoms with van der Waals surface area (Å²) in [4.78, 5) is 26.6. The second-order valence-corrected chi connectivity index (χ2v) is 6.83. The highest BCUT2D eigenvalue weighted by Gasteiger charge is 2.32. The van der Waals surface area contributed by atoms with E-state index in [1.807, 2.05) is 42.2 Å². The molecule has 0 radical (unpaired) electrons. The number of aryl methyl sites for hydroxylation is 1. The first-order valence-corrected chi connectivity index (χ1v) is 9.10. The number of carbonyl (C=O) groups is 2. The zero-order valence-corrected chi connectivity index (χ0v) is 16.0. The van der Waals surface area contributed by atoms with Gasteiger partial charge in [0.15, 0.2) is 0 Å². The number of halogens is 1. The first kappa shape index (κ1) is 20.7. The Hall–Kier alpha value is -1.63. The van der Waals surface area contributed by atoms with Crippen LogP contribution in [0.4, 0.5) is 0 Å². The molecule has 2 aliphatic rings. The van der Waals surface area contributed by atoms with Crippen LogP contribution >= 0.6 is 12.4 Å². The molecular formula is C19H28ClN3O3. The molecule has 3 rings (SSSR count). The Morgan fingerprint density at radius 2 is 2.08 bits per heavy atom. The number of likely N-dealkylation sites (tertiary alicyclic amines) is 1. The molecule has 2 amide bonds. The van der Waals surface area contributed by atoms with Crippen LogP contribution in [-0.4, -0.2) is 61.1 Å². The minimum atomic E-state index is -0.309. The van der Waals surface area contributed by atoms with Crippen LogP contribution in [0.2, 0.25) is 0 Å². The first-order chi connectivity index (χ1) is 12.1. The minimum absolute atomic E-state index is 0. The van der Waals surface area contributed by atoms with Crippen LogP contribution in [0.25, 0.3) is 0 Å². The average Bonchev–Trinajstić information content (AvgIpc) is 3.09. The molecule has 2 saturated heterocycles. The summed E-state index contributed by atoms with van der Waals surface area (Å²) in [7, 11) is 0. The van der Waals surface area contributed by atoms with E-state index in [0.29, 0.717) is 32.7 Å². The van der Waals surface area contributed by atoms with Gasteiger partial charge in [-0.2, -0.15) is 0 Å². The molecule has 2 heterocycles. The van der Waals surface area contributed by atoms with E-state index >= 15 is 0 Å². The summed E-state index contributed by atoms with van der Waals surface area (Å²) >= 11 is 0. The molecule has 0 saturated carbocycles. The van der Waals surface area contributed by atoms with Crippen molar-refractivity contribution in [3.8, 4) is 0 Å². The molecule has 1 aromatic carbocycles. The lowest BCUT2D eigenvalue weighted by molar-refractivity contribution is -0.132. The predicted molar refractivity (Wildman–Crippen MR) is 102 cm³/mol. The summed E-state index contributed by atoms with van der Waals surface area (Å²) in [5.41, 5.74) is 1.18. The Morgan fingerprint density at radius 3 is 2.81 bits per heavy atom. The van der Waals surface area contributed by atoms with Crippen molar-refractivity contribution in [2.45, 2.75) is 44.4 Å². The van der Waals surface area contributed by atoms with Gasteiger partial charge in [0.05, 0.1) is 12.7 Å². The topological polar surface area (TPSA) is 70.7 Å². The zero-order valence-electron chi connectivity index (χ0n) is 15.1. The van der Waals surface area contributed by atoms with Crippen LogP contribution in [-0.2, 0) is 20.7 Å². The van der Waals surface area contributed by atoms with Crippen molar-refractivity contribution in [1.29, 1.82) is 0 Å². The number of benzene rings is 1. The molecule has 2 fully saturated rings. The first-order valence-electron chi connectivity index (χ1n) is 9.10. The Labute approximate surface area is 161 Å². The number of hydrogen-bond acceptors (Lipinski definition) is 4. The van der Waals surface area contributed by atoms with Gasteiger partial charge in [0.1, 0.15) is 6.04 Å². The normalized spacial score (nSPS) is 25.4. The third-order valence-corrected chi connectivity index (χ3v) is 4.96. The summed E-state index contributed by atoms with van der Waals surface area (Å²) in [6.07, 6.45) is 1.96. The summed E-state index contributed by atoms with van der Waals surface area (Å²) in [6.45, 7) is 4.55. The van der Waals surface area contributed by atoms with Crippen molar-refractivity contribution in [3.63, 3.8) is 0 Å². The third kappa shape index (κ3) is 5.43. The number of amides is 2. The summed E-state index contributed by atoms with van der Waals surface area (Å²) in [5.74, 6) is 0.129. The molecule has 0 bridgehead atoms. The third-order valence-electron chi connectivity index (χ3n) is 4.96. The molecule has 6 nitrogen and oxygen atoms in total. The maximum atomic E-state index is 12.4. The van der Waals surface area contributed by atoms with Crippen LogP contribution in [0.15, 0.2) is 30.3 Å². The number of carbonyl (C=O) groups excluding carboxylic acids is 2. The van der Waals surface area contributed by atoms with E-state index in [-0.39, 0.29) is 42.4 Å². The molecule has 26 heavy (non-hydrogen) atoms. The Morgan fingerprint density at radius 1 is 1.31 bits per heavy atom. The molecule has 3 atom stereocenters. The van der Waals surface area contributed by atoms with Crippen molar-refractivity contribution >= 4 is 24.2 Å². The predicted octanol–water partition coefficient (Wildman–Crippen LogP) is 1.14. The number of morpholine rings is 1. The fraction of sp³-hybridized carbons (Fsp3) is 0.579. The van der Waals surface area contributed by atoms with Gasteiger partial charge in [0.25, 0.3) is 0 Å². The molecule has 0 spiro atoms. The van der Waals surface area contributed by atoms with Crippen molar-refractivity contribution in [2.75, 3.05) is 26.2 Å². The Kier molecular flexibility index (Phi) is 7.87. The van der Waals surface area contributed by atoms with Crippen molar-refractivity contribution in [2.24, 2.45) is 0 Å². The van der Waals surface area contributed by atoms with Crippen LogP contribution in [0.1, 0.15) is 25.3 Å². The summed E-state index contributed by atoms with van der Waals surface area (Å²) in [5, 5.41) is 6.26. The van der Waals surface area contributed by atoms with Crippen LogP contribution in [0, 0.1) is 0 Å². The van der Waals surface area contributed by atoms with E-state index in [9.17, 15) is 9.59 Å². The Bertz CT molecular complexity index is 599. The van der Waals surface area contributed by atoms with Gasteiger partial charge >= 0.3 is 0 Å². The van der Waals surface area contributed by atoms with Crippen molar-refractivity contribution < 1.29 is 14.3 Å². The second-order valence-electron chi connectivity index (χ2n) is 6.83. The SMILES string of the molecule is C[C@H]1OCCN[C@@H]1C(=O)NC1CCN(C(=O)CCc2ccccc2)C1.Cl. The van der Waals surface area contributed by atoms with Gasteiger partial charge in [-0.3, -0.25) is 9.59 Å². The molecule has 1 unspecified atom stereocenters. The zero-order chi connectivity index (χ0) is 17.6. The van der Waals surface area contributed by atoms with Gasteiger partial charge in [-0.25, -0.2) is 0 Å². The lowest BCUT2D eigenvalue weighted by Crippen LogP contribution is -2.57. The number of nitrogens with one attached hydrogen (secondary N) is 2. The highest BCUT2D eigenvalue weighted by molar-refractivity contribution is 5.85.